The van der Waals surface area contributed by atoms with Crippen molar-refractivity contribution in [2.45, 2.75) is 388 Å². The van der Waals surface area contributed by atoms with Crippen molar-refractivity contribution in [3.63, 3.8) is 0 Å². The second-order valence-corrected chi connectivity index (χ2v) is 31.0. The van der Waals surface area contributed by atoms with Crippen LogP contribution in [-0.2, 0) is 65.4 Å². The van der Waals surface area contributed by atoms with E-state index in [1.165, 1.54) is 161 Å². The van der Waals surface area contributed by atoms with Crippen LogP contribution >= 0.6 is 15.6 Å². The van der Waals surface area contributed by atoms with Crippen LogP contribution in [0.5, 0.6) is 0 Å². The Balaban J connectivity index is 5.14. The quantitative estimate of drug-likeness (QED) is 0.0222. The zero-order valence-electron chi connectivity index (χ0n) is 60.9. The van der Waals surface area contributed by atoms with Gasteiger partial charge in [-0.3, -0.25) is 37.3 Å². The summed E-state index contributed by atoms with van der Waals surface area (Å²) in [5, 5.41) is 10.6. The molecule has 0 spiro atoms. The number of rotatable bonds is 71. The van der Waals surface area contributed by atoms with Gasteiger partial charge < -0.3 is 33.8 Å². The van der Waals surface area contributed by atoms with Gasteiger partial charge in [-0.1, -0.05) is 319 Å². The lowest BCUT2D eigenvalue weighted by atomic mass is 9.99. The highest BCUT2D eigenvalue weighted by atomic mass is 31.2. The fraction of sp³-hybridized carbons (Fsp3) is 0.946. The minimum atomic E-state index is -4.95. The van der Waals surface area contributed by atoms with E-state index in [4.69, 9.17) is 37.0 Å². The van der Waals surface area contributed by atoms with Gasteiger partial charge >= 0.3 is 39.5 Å². The zero-order chi connectivity index (χ0) is 68.9. The summed E-state index contributed by atoms with van der Waals surface area (Å²) in [4.78, 5) is 72.6. The standard InChI is InChI=1S/C74H144O17P2/c1-9-66(7)52-44-36-27-23-19-17-15-13-11-12-14-16-18-20-24-28-40-48-56-73(78)90-69(60-84-71(76)54-46-38-32-30-35-43-51-65(5)6)62-88-92(80,81)86-58-68(75)59-87-93(82,83)89-63-70(61-85-72(77)55-47-39-33-31-37-45-53-67(8)10-2)91-74(79)57-49-41-29-25-21-22-26-34-42-50-64(3)4/h64-70,75H,9-63H2,1-8H3,(H,80,81)(H,82,83)/t66?,67?,68-,69-,70-/m1/s1. The van der Waals surface area contributed by atoms with E-state index in [1.807, 2.05) is 0 Å². The Labute approximate surface area is 568 Å². The minimum absolute atomic E-state index is 0.104. The molecule has 552 valence electrons. The number of aliphatic hydroxyl groups is 1. The molecule has 3 N–H and O–H groups in total. The van der Waals surface area contributed by atoms with E-state index < -0.39 is 97.5 Å². The average Bonchev–Trinajstić information content (AvgIpc) is 2.31. The maximum absolute atomic E-state index is 13.0. The normalized spacial score (nSPS) is 14.8. The fourth-order valence-corrected chi connectivity index (χ4v) is 12.7. The van der Waals surface area contributed by atoms with E-state index in [0.29, 0.717) is 31.6 Å². The van der Waals surface area contributed by atoms with E-state index in [9.17, 15) is 43.2 Å². The highest BCUT2D eigenvalue weighted by Crippen LogP contribution is 2.45. The summed E-state index contributed by atoms with van der Waals surface area (Å²) in [5.41, 5.74) is 0. The van der Waals surface area contributed by atoms with E-state index in [1.54, 1.807) is 0 Å². The topological polar surface area (TPSA) is 237 Å². The summed E-state index contributed by atoms with van der Waals surface area (Å²) in [5.74, 6) is 0.889. The molecule has 0 aliphatic carbocycles. The maximum atomic E-state index is 13.0. The SMILES string of the molecule is CCC(C)CCCCCCCCCCCCCCCCCCCCC(=O)O[C@H](COC(=O)CCCCCCCCC(C)C)COP(=O)(O)OC[C@@H](O)COP(=O)(O)OC[C@@H](COC(=O)CCCCCCCCC(C)CC)OC(=O)CCCCCCCCCCCC(C)C. The van der Waals surface area contributed by atoms with Crippen molar-refractivity contribution >= 4 is 39.5 Å². The van der Waals surface area contributed by atoms with Crippen LogP contribution < -0.4 is 0 Å². The van der Waals surface area contributed by atoms with Gasteiger partial charge in [0.15, 0.2) is 12.2 Å². The smallest absolute Gasteiger partial charge is 0.462 e. The van der Waals surface area contributed by atoms with Gasteiger partial charge in [0.1, 0.15) is 19.3 Å². The average molecular weight is 1370 g/mol. The molecule has 7 atom stereocenters. The molecule has 0 heterocycles. The molecule has 0 saturated carbocycles. The van der Waals surface area contributed by atoms with Crippen molar-refractivity contribution in [2.75, 3.05) is 39.6 Å². The lowest BCUT2D eigenvalue weighted by Gasteiger charge is -2.21. The molecule has 93 heavy (non-hydrogen) atoms. The van der Waals surface area contributed by atoms with Gasteiger partial charge in [0.25, 0.3) is 0 Å². The summed E-state index contributed by atoms with van der Waals surface area (Å²) >= 11 is 0. The fourth-order valence-electron chi connectivity index (χ4n) is 11.1. The van der Waals surface area contributed by atoms with E-state index in [-0.39, 0.29) is 25.7 Å². The van der Waals surface area contributed by atoms with Gasteiger partial charge in [0, 0.05) is 25.7 Å². The molecule has 19 heteroatoms. The summed E-state index contributed by atoms with van der Waals surface area (Å²) in [6, 6.07) is 0. The van der Waals surface area contributed by atoms with Crippen molar-refractivity contribution in [1.29, 1.82) is 0 Å². The van der Waals surface area contributed by atoms with Gasteiger partial charge in [-0.25, -0.2) is 9.13 Å². The highest BCUT2D eigenvalue weighted by Gasteiger charge is 2.30. The molecule has 0 fully saturated rings. The number of hydrogen-bond acceptors (Lipinski definition) is 15. The number of unbranched alkanes of at least 4 members (excludes halogenated alkanes) is 35. The third-order valence-electron chi connectivity index (χ3n) is 17.8. The van der Waals surface area contributed by atoms with E-state index in [0.717, 1.165) is 120 Å². The molecule has 0 aromatic heterocycles. The molecule has 0 radical (unpaired) electrons. The Hall–Kier alpha value is -1.94. The van der Waals surface area contributed by atoms with Crippen molar-refractivity contribution in [1.82, 2.24) is 0 Å². The second kappa shape index (κ2) is 63.5. The largest absolute Gasteiger partial charge is 0.472 e. The number of aliphatic hydroxyl groups excluding tert-OH is 1. The van der Waals surface area contributed by atoms with Crippen molar-refractivity contribution < 1.29 is 80.2 Å². The molecular formula is C74H144O17P2. The molecule has 0 aliphatic rings. The molecule has 0 amide bonds. The number of carbonyl (C=O) groups is 4. The molecule has 0 rings (SSSR count). The van der Waals surface area contributed by atoms with Crippen LogP contribution in [0.15, 0.2) is 0 Å². The summed E-state index contributed by atoms with van der Waals surface area (Å²) in [6.07, 6.45) is 47.5. The second-order valence-electron chi connectivity index (χ2n) is 28.1. The monoisotopic (exact) mass is 1370 g/mol. The Bertz CT molecular complexity index is 1840. The number of ether oxygens (including phenoxy) is 4. The highest BCUT2D eigenvalue weighted by molar-refractivity contribution is 7.47. The van der Waals surface area contributed by atoms with E-state index in [2.05, 4.69) is 55.4 Å². The van der Waals surface area contributed by atoms with Crippen LogP contribution in [0.1, 0.15) is 370 Å². The van der Waals surface area contributed by atoms with Crippen LogP contribution in [0.2, 0.25) is 0 Å². The van der Waals surface area contributed by atoms with Gasteiger partial charge in [0.2, 0.25) is 0 Å². The number of hydrogen-bond donors (Lipinski definition) is 3. The zero-order valence-corrected chi connectivity index (χ0v) is 62.7. The third kappa shape index (κ3) is 65.8. The van der Waals surface area contributed by atoms with Gasteiger partial charge in [0.05, 0.1) is 26.4 Å². The summed E-state index contributed by atoms with van der Waals surface area (Å²) in [6.45, 7) is 14.1. The first kappa shape index (κ1) is 91.1. The molecule has 0 aliphatic heterocycles. The van der Waals surface area contributed by atoms with Gasteiger partial charge in [-0.05, 0) is 49.4 Å². The van der Waals surface area contributed by atoms with Gasteiger partial charge in [-0.15, -0.1) is 0 Å². The molecule has 0 saturated heterocycles. The Morgan fingerprint density at radius 1 is 0.301 bits per heavy atom. The molecule has 17 nitrogen and oxygen atoms in total. The third-order valence-corrected chi connectivity index (χ3v) is 19.7. The number of carbonyl (C=O) groups excluding carboxylic acids is 4. The molecular weight excluding hydrogens is 1220 g/mol. The predicted molar refractivity (Wildman–Crippen MR) is 377 cm³/mol. The van der Waals surface area contributed by atoms with Crippen LogP contribution in [-0.4, -0.2) is 96.7 Å². The summed E-state index contributed by atoms with van der Waals surface area (Å²) in [7, 11) is -9.91. The Morgan fingerprint density at radius 3 is 0.763 bits per heavy atom. The molecule has 0 aromatic rings. The number of esters is 4. The van der Waals surface area contributed by atoms with Crippen LogP contribution in [0.3, 0.4) is 0 Å². The first-order valence-corrected chi connectivity index (χ1v) is 41.3. The Morgan fingerprint density at radius 2 is 0.516 bits per heavy atom. The first-order valence-electron chi connectivity index (χ1n) is 38.3. The van der Waals surface area contributed by atoms with E-state index >= 15 is 0 Å². The van der Waals surface area contributed by atoms with Crippen molar-refractivity contribution in [2.24, 2.45) is 23.7 Å². The van der Waals surface area contributed by atoms with Gasteiger partial charge in [-0.2, -0.15) is 0 Å². The van der Waals surface area contributed by atoms with Crippen molar-refractivity contribution in [3.05, 3.63) is 0 Å². The molecule has 4 unspecified atom stereocenters. The Kier molecular flexibility index (Phi) is 62.2. The lowest BCUT2D eigenvalue weighted by molar-refractivity contribution is -0.161. The lowest BCUT2D eigenvalue weighted by Crippen LogP contribution is -2.30. The first-order chi connectivity index (χ1) is 44.7. The van der Waals surface area contributed by atoms with Crippen LogP contribution in [0.25, 0.3) is 0 Å². The number of phosphoric ester groups is 2. The predicted octanol–water partition coefficient (Wildman–Crippen LogP) is 21.3. The summed E-state index contributed by atoms with van der Waals surface area (Å²) < 4.78 is 68.3. The maximum Gasteiger partial charge on any atom is 0.472 e. The van der Waals surface area contributed by atoms with Crippen LogP contribution in [0.4, 0.5) is 0 Å². The minimum Gasteiger partial charge on any atom is -0.462 e. The molecule has 0 bridgehead atoms. The number of phosphoric acid groups is 2. The van der Waals surface area contributed by atoms with Crippen molar-refractivity contribution in [3.8, 4) is 0 Å². The van der Waals surface area contributed by atoms with Crippen LogP contribution in [0, 0.1) is 23.7 Å². The molecule has 0 aromatic carbocycles.